The minimum absolute atomic E-state index is 1.08. The van der Waals surface area contributed by atoms with E-state index in [1.54, 1.807) is 0 Å². The van der Waals surface area contributed by atoms with Crippen molar-refractivity contribution in [3.63, 3.8) is 0 Å². The quantitative estimate of drug-likeness (QED) is 0.420. The molecular weight excluding hydrogens is 326 g/mol. The summed E-state index contributed by atoms with van der Waals surface area (Å²) >= 11 is 0. The molecule has 0 amide bonds. The van der Waals surface area contributed by atoms with Crippen LogP contribution in [-0.2, 0) is 31.9 Å². The molecule has 0 unspecified atom stereocenters. The topological polar surface area (TPSA) is 93.2 Å². The Bertz CT molecular complexity index is 340. The van der Waals surface area contributed by atoms with Crippen LogP contribution < -0.4 is 0 Å². The Morgan fingerprint density at radius 3 is 0.857 bits per heavy atom. The second-order valence-electron chi connectivity index (χ2n) is 4.55. The van der Waals surface area contributed by atoms with Crippen molar-refractivity contribution in [2.75, 3.05) is 56.4 Å². The SMILES string of the molecule is CN(C)OP(=O)(ON(C)C)OP(=O)(ON(C)C)ON(C)C. The Morgan fingerprint density at radius 1 is 0.524 bits per heavy atom. The summed E-state index contributed by atoms with van der Waals surface area (Å²) in [5.41, 5.74) is 0. The summed E-state index contributed by atoms with van der Waals surface area (Å²) < 4.78 is 49.7. The summed E-state index contributed by atoms with van der Waals surface area (Å²) in [5.74, 6) is 0. The Kier molecular flexibility index (Phi) is 8.70. The minimum atomic E-state index is -4.28. The van der Waals surface area contributed by atoms with Crippen LogP contribution >= 0.6 is 15.6 Å². The maximum absolute atomic E-state index is 12.5. The van der Waals surface area contributed by atoms with Crippen LogP contribution in [0.25, 0.3) is 0 Å². The van der Waals surface area contributed by atoms with Gasteiger partial charge in [0.15, 0.2) is 0 Å². The van der Waals surface area contributed by atoms with E-state index in [0.717, 1.165) is 20.3 Å². The van der Waals surface area contributed by atoms with Gasteiger partial charge in [0.25, 0.3) is 0 Å². The van der Waals surface area contributed by atoms with Crippen LogP contribution in [0.15, 0.2) is 0 Å². The predicted octanol–water partition coefficient (Wildman–Crippen LogP) is 1.19. The van der Waals surface area contributed by atoms with Crippen LogP contribution in [0.4, 0.5) is 0 Å². The first-order valence-corrected chi connectivity index (χ1v) is 8.69. The lowest BCUT2D eigenvalue weighted by molar-refractivity contribution is -0.121. The zero-order valence-corrected chi connectivity index (χ0v) is 15.3. The fourth-order valence-corrected chi connectivity index (χ4v) is 4.13. The standard InChI is InChI=1S/C8H24N4O7P2/c1-9(2)15-20(13,16-10(3)4)19-21(14,17-11(5)6)18-12(7)8/h1-8H3. The molecule has 0 atom stereocenters. The number of hydrogen-bond donors (Lipinski definition) is 0. The molecule has 0 fully saturated rings. The molecule has 0 spiro atoms. The van der Waals surface area contributed by atoms with E-state index in [9.17, 15) is 9.13 Å². The highest BCUT2D eigenvalue weighted by Gasteiger charge is 2.44. The third-order valence-electron chi connectivity index (χ3n) is 1.25. The number of hydrogen-bond acceptors (Lipinski definition) is 11. The molecule has 0 rings (SSSR count). The lowest BCUT2D eigenvalue weighted by Crippen LogP contribution is -2.22. The van der Waals surface area contributed by atoms with Crippen LogP contribution in [0.5, 0.6) is 0 Å². The summed E-state index contributed by atoms with van der Waals surface area (Å²) in [6.45, 7) is 0. The van der Waals surface area contributed by atoms with Crippen molar-refractivity contribution in [1.82, 2.24) is 20.3 Å². The third kappa shape index (κ3) is 9.67. The predicted molar refractivity (Wildman–Crippen MR) is 75.4 cm³/mol. The van der Waals surface area contributed by atoms with Gasteiger partial charge < -0.3 is 0 Å². The maximum atomic E-state index is 12.5. The van der Waals surface area contributed by atoms with Gasteiger partial charge in [0.2, 0.25) is 0 Å². The second-order valence-corrected chi connectivity index (χ2v) is 7.65. The van der Waals surface area contributed by atoms with Crippen molar-refractivity contribution < 1.29 is 31.9 Å². The number of hydroxylamine groups is 8. The van der Waals surface area contributed by atoms with Crippen molar-refractivity contribution >= 4 is 15.6 Å². The molecule has 128 valence electrons. The van der Waals surface area contributed by atoms with Crippen molar-refractivity contribution in [1.29, 1.82) is 0 Å². The first kappa shape index (κ1) is 21.1. The molecule has 0 heterocycles. The van der Waals surface area contributed by atoms with Crippen molar-refractivity contribution in [2.24, 2.45) is 0 Å². The number of phosphoric acid groups is 2. The van der Waals surface area contributed by atoms with Crippen LogP contribution in [0.1, 0.15) is 0 Å². The molecule has 0 bridgehead atoms. The summed E-state index contributed by atoms with van der Waals surface area (Å²) in [4.78, 5) is 0. The highest BCUT2D eigenvalue weighted by molar-refractivity contribution is 7.62. The van der Waals surface area contributed by atoms with E-state index in [1.807, 2.05) is 0 Å². The fraction of sp³-hybridized carbons (Fsp3) is 1.00. The molecule has 0 aliphatic heterocycles. The molecule has 0 aliphatic carbocycles. The van der Waals surface area contributed by atoms with Gasteiger partial charge in [0, 0.05) is 56.4 Å². The van der Waals surface area contributed by atoms with Crippen molar-refractivity contribution in [3.05, 3.63) is 0 Å². The molecule has 0 aromatic heterocycles. The monoisotopic (exact) mass is 350 g/mol. The smallest absolute Gasteiger partial charge is 0.224 e. The first-order valence-electron chi connectivity index (χ1n) is 5.77. The van der Waals surface area contributed by atoms with Gasteiger partial charge in [-0.15, -0.1) is 0 Å². The molecule has 0 saturated heterocycles. The lowest BCUT2D eigenvalue weighted by atomic mass is 11.2. The molecule has 0 aliphatic rings. The molecular formula is C8H24N4O7P2. The maximum Gasteiger partial charge on any atom is 0.517 e. The highest BCUT2D eigenvalue weighted by atomic mass is 31.3. The van der Waals surface area contributed by atoms with Crippen molar-refractivity contribution in [2.45, 2.75) is 0 Å². The highest BCUT2D eigenvalue weighted by Crippen LogP contribution is 2.66. The van der Waals surface area contributed by atoms with E-state index < -0.39 is 15.6 Å². The van der Waals surface area contributed by atoms with Gasteiger partial charge in [-0.1, -0.05) is 0 Å². The van der Waals surface area contributed by atoms with E-state index in [4.69, 9.17) is 22.8 Å². The Balaban J connectivity index is 5.29. The van der Waals surface area contributed by atoms with Gasteiger partial charge in [-0.25, -0.2) is 9.13 Å². The molecule has 0 aromatic carbocycles. The normalized spacial score (nSPS) is 13.9. The van der Waals surface area contributed by atoms with Crippen LogP contribution in [0.2, 0.25) is 0 Å². The summed E-state index contributed by atoms with van der Waals surface area (Å²) in [6, 6.07) is 0. The van der Waals surface area contributed by atoms with Crippen LogP contribution in [0.3, 0.4) is 0 Å². The average Bonchev–Trinajstić information content (AvgIpc) is 2.07. The van der Waals surface area contributed by atoms with Crippen LogP contribution in [-0.4, -0.2) is 76.6 Å². The zero-order valence-electron chi connectivity index (χ0n) is 13.5. The Labute approximate surface area is 125 Å². The molecule has 0 N–H and O–H groups in total. The van der Waals surface area contributed by atoms with Gasteiger partial charge >= 0.3 is 15.6 Å². The fourth-order valence-electron chi connectivity index (χ4n) is 1.01. The van der Waals surface area contributed by atoms with Gasteiger partial charge in [0.05, 0.1) is 0 Å². The van der Waals surface area contributed by atoms with E-state index in [-0.39, 0.29) is 0 Å². The average molecular weight is 350 g/mol. The number of nitrogens with zero attached hydrogens (tertiary/aromatic N) is 4. The van der Waals surface area contributed by atoms with Gasteiger partial charge in [0.1, 0.15) is 0 Å². The molecule has 0 aromatic rings. The number of rotatable bonds is 10. The van der Waals surface area contributed by atoms with Crippen LogP contribution in [0, 0.1) is 0 Å². The summed E-state index contributed by atoms with van der Waals surface area (Å²) in [5, 5.41) is 4.33. The molecule has 0 saturated carbocycles. The zero-order chi connectivity index (χ0) is 16.8. The second kappa shape index (κ2) is 8.66. The summed E-state index contributed by atoms with van der Waals surface area (Å²) in [7, 11) is 3.10. The largest absolute Gasteiger partial charge is 0.517 e. The molecule has 11 nitrogen and oxygen atoms in total. The van der Waals surface area contributed by atoms with E-state index in [0.29, 0.717) is 0 Å². The van der Waals surface area contributed by atoms with Crippen molar-refractivity contribution in [3.8, 4) is 0 Å². The van der Waals surface area contributed by atoms with Gasteiger partial charge in [-0.2, -0.15) is 43.1 Å². The first-order chi connectivity index (χ1) is 9.37. The third-order valence-corrected chi connectivity index (χ3v) is 4.96. The summed E-state index contributed by atoms with van der Waals surface area (Å²) in [6.07, 6.45) is 0. The van der Waals surface area contributed by atoms with Gasteiger partial charge in [-0.05, 0) is 0 Å². The van der Waals surface area contributed by atoms with Gasteiger partial charge in [-0.3, -0.25) is 0 Å². The lowest BCUT2D eigenvalue weighted by Gasteiger charge is -2.27. The van der Waals surface area contributed by atoms with E-state index in [2.05, 4.69) is 0 Å². The molecule has 13 heteroatoms. The van der Waals surface area contributed by atoms with E-state index >= 15 is 0 Å². The Hall–Kier alpha value is 0.1000. The molecule has 21 heavy (non-hydrogen) atoms. The Morgan fingerprint density at radius 2 is 0.714 bits per heavy atom. The molecule has 0 radical (unpaired) electrons. The van der Waals surface area contributed by atoms with E-state index in [1.165, 1.54) is 56.4 Å². The minimum Gasteiger partial charge on any atom is -0.224 e.